The van der Waals surface area contributed by atoms with Crippen LogP contribution >= 0.6 is 0 Å². The number of benzene rings is 1. The van der Waals surface area contributed by atoms with Crippen molar-refractivity contribution in [2.45, 2.75) is 32.3 Å². The fraction of sp³-hybridized carbons (Fsp3) is 0.364. The van der Waals surface area contributed by atoms with Crippen LogP contribution in [0.25, 0.3) is 27.8 Å². The van der Waals surface area contributed by atoms with Gasteiger partial charge in [0, 0.05) is 22.4 Å². The van der Waals surface area contributed by atoms with Crippen LogP contribution in [0, 0.1) is 12.7 Å². The van der Waals surface area contributed by atoms with Crippen LogP contribution in [0.1, 0.15) is 35.7 Å². The molecular formula is C22H23FN6O. The highest BCUT2D eigenvalue weighted by molar-refractivity contribution is 5.84. The van der Waals surface area contributed by atoms with Crippen LogP contribution < -0.4 is 0 Å². The first-order valence-electron chi connectivity index (χ1n) is 10.1. The Morgan fingerprint density at radius 2 is 1.93 bits per heavy atom. The number of aryl methyl sites for hydroxylation is 1. The summed E-state index contributed by atoms with van der Waals surface area (Å²) in [5, 5.41) is 23.5. The van der Waals surface area contributed by atoms with Gasteiger partial charge >= 0.3 is 0 Å². The summed E-state index contributed by atoms with van der Waals surface area (Å²) < 4.78 is 16.7. The zero-order chi connectivity index (χ0) is 20.8. The Hall–Kier alpha value is -2.97. The molecule has 1 N–H and O–H groups in total. The summed E-state index contributed by atoms with van der Waals surface area (Å²) in [5.41, 5.74) is 4.52. The highest BCUT2D eigenvalue weighted by atomic mass is 19.1. The van der Waals surface area contributed by atoms with Gasteiger partial charge in [0.05, 0.1) is 35.4 Å². The number of imidazole rings is 1. The summed E-state index contributed by atoms with van der Waals surface area (Å²) in [5.74, 6) is -0.0290. The van der Waals surface area contributed by atoms with Gasteiger partial charge in [-0.05, 0) is 64.2 Å². The fourth-order valence-corrected chi connectivity index (χ4v) is 4.18. The van der Waals surface area contributed by atoms with Gasteiger partial charge in [-0.25, -0.2) is 13.9 Å². The fourth-order valence-electron chi connectivity index (χ4n) is 4.18. The molecule has 30 heavy (non-hydrogen) atoms. The molecule has 1 aliphatic rings. The molecule has 8 heteroatoms. The van der Waals surface area contributed by atoms with E-state index in [1.165, 1.54) is 6.07 Å². The third-order valence-corrected chi connectivity index (χ3v) is 5.90. The van der Waals surface area contributed by atoms with Crippen molar-refractivity contribution < 1.29 is 9.50 Å². The minimum Gasteiger partial charge on any atom is -0.392 e. The standard InChI is InChI=1S/C22H23FN6O/c1-13-11-29-22(24-13)16(12-30)9-20(27-29)15-7-18(23)17-10-19(25-26-21(17)8-15)14-3-5-28(2)6-4-14/h7-11,14,30H,3-6,12H2,1-2H3. The first-order valence-corrected chi connectivity index (χ1v) is 10.1. The van der Waals surface area contributed by atoms with Gasteiger partial charge in [-0.2, -0.15) is 15.3 Å². The molecule has 1 saturated heterocycles. The Balaban J connectivity index is 1.56. The molecule has 154 valence electrons. The zero-order valence-corrected chi connectivity index (χ0v) is 17.0. The van der Waals surface area contributed by atoms with Crippen LogP contribution in [0.2, 0.25) is 0 Å². The molecule has 1 aromatic carbocycles. The lowest BCUT2D eigenvalue weighted by Crippen LogP contribution is -2.29. The Morgan fingerprint density at radius 3 is 2.70 bits per heavy atom. The van der Waals surface area contributed by atoms with Gasteiger partial charge in [0.1, 0.15) is 5.82 Å². The van der Waals surface area contributed by atoms with Crippen molar-refractivity contribution in [3.05, 3.63) is 53.2 Å². The highest BCUT2D eigenvalue weighted by Crippen LogP contribution is 2.30. The van der Waals surface area contributed by atoms with Crippen molar-refractivity contribution in [3.63, 3.8) is 0 Å². The maximum Gasteiger partial charge on any atom is 0.159 e. The first kappa shape index (κ1) is 19.0. The smallest absolute Gasteiger partial charge is 0.159 e. The molecule has 4 aromatic rings. The van der Waals surface area contributed by atoms with Crippen LogP contribution in [0.4, 0.5) is 4.39 Å². The van der Waals surface area contributed by atoms with Gasteiger partial charge in [0.25, 0.3) is 0 Å². The molecule has 0 amide bonds. The molecule has 0 bridgehead atoms. The van der Waals surface area contributed by atoms with Gasteiger partial charge in [-0.1, -0.05) is 0 Å². The zero-order valence-electron chi connectivity index (χ0n) is 17.0. The molecule has 0 atom stereocenters. The summed E-state index contributed by atoms with van der Waals surface area (Å²) in [4.78, 5) is 6.68. The van der Waals surface area contributed by atoms with Crippen molar-refractivity contribution in [2.75, 3.05) is 20.1 Å². The number of nitrogens with zero attached hydrogens (tertiary/aromatic N) is 6. The minimum absolute atomic E-state index is 0.175. The van der Waals surface area contributed by atoms with E-state index in [1.54, 1.807) is 22.8 Å². The molecule has 3 aromatic heterocycles. The highest BCUT2D eigenvalue weighted by Gasteiger charge is 2.21. The normalized spacial score (nSPS) is 16.0. The molecule has 0 spiro atoms. The van der Waals surface area contributed by atoms with Crippen LogP contribution in [-0.2, 0) is 6.61 Å². The van der Waals surface area contributed by atoms with E-state index in [2.05, 4.69) is 32.2 Å². The number of rotatable bonds is 3. The van der Waals surface area contributed by atoms with Crippen LogP contribution in [-0.4, -0.2) is 54.9 Å². The van der Waals surface area contributed by atoms with Gasteiger partial charge in [0.15, 0.2) is 5.65 Å². The van der Waals surface area contributed by atoms with E-state index in [-0.39, 0.29) is 12.4 Å². The van der Waals surface area contributed by atoms with E-state index in [0.29, 0.717) is 39.3 Å². The third-order valence-electron chi connectivity index (χ3n) is 5.90. The first-order chi connectivity index (χ1) is 14.5. The van der Waals surface area contributed by atoms with Crippen molar-refractivity contribution in [2.24, 2.45) is 0 Å². The lowest BCUT2D eigenvalue weighted by Gasteiger charge is -2.28. The summed E-state index contributed by atoms with van der Waals surface area (Å²) in [6, 6.07) is 6.85. The number of aliphatic hydroxyl groups is 1. The van der Waals surface area contributed by atoms with Crippen LogP contribution in [0.15, 0.2) is 30.5 Å². The van der Waals surface area contributed by atoms with Gasteiger partial charge in [-0.15, -0.1) is 0 Å². The van der Waals surface area contributed by atoms with Crippen molar-refractivity contribution in [1.82, 2.24) is 29.7 Å². The maximum absolute atomic E-state index is 15.1. The minimum atomic E-state index is -0.346. The molecule has 1 fully saturated rings. The molecule has 0 saturated carbocycles. The molecule has 5 rings (SSSR count). The lowest BCUT2D eigenvalue weighted by molar-refractivity contribution is 0.253. The largest absolute Gasteiger partial charge is 0.392 e. The summed E-state index contributed by atoms with van der Waals surface area (Å²) >= 11 is 0. The molecule has 7 nitrogen and oxygen atoms in total. The molecule has 1 aliphatic heterocycles. The number of hydrogen-bond acceptors (Lipinski definition) is 6. The Bertz CT molecular complexity index is 1250. The van der Waals surface area contributed by atoms with Crippen molar-refractivity contribution in [1.29, 1.82) is 0 Å². The SMILES string of the molecule is Cc1cn2nc(-c3cc(F)c4cc(C5CCN(C)CC5)nnc4c3)cc(CO)c2n1. The Kier molecular flexibility index (Phi) is 4.67. The van der Waals surface area contributed by atoms with E-state index in [9.17, 15) is 5.11 Å². The lowest BCUT2D eigenvalue weighted by atomic mass is 9.93. The predicted octanol–water partition coefficient (Wildman–Crippen LogP) is 3.09. The number of aliphatic hydroxyl groups excluding tert-OH is 1. The van der Waals surface area contributed by atoms with E-state index in [1.807, 2.05) is 13.0 Å². The number of piperidine rings is 1. The van der Waals surface area contributed by atoms with Crippen molar-refractivity contribution in [3.8, 4) is 11.3 Å². The van der Waals surface area contributed by atoms with E-state index in [0.717, 1.165) is 37.3 Å². The maximum atomic E-state index is 15.1. The topological polar surface area (TPSA) is 79.4 Å². The van der Waals surface area contributed by atoms with Crippen LogP contribution in [0.3, 0.4) is 0 Å². The quantitative estimate of drug-likeness (QED) is 0.563. The average Bonchev–Trinajstić information content (AvgIpc) is 3.13. The second-order valence-electron chi connectivity index (χ2n) is 8.10. The second-order valence-corrected chi connectivity index (χ2v) is 8.10. The molecule has 0 radical (unpaired) electrons. The average molecular weight is 406 g/mol. The molecule has 0 unspecified atom stereocenters. The Morgan fingerprint density at radius 1 is 1.13 bits per heavy atom. The van der Waals surface area contributed by atoms with Crippen molar-refractivity contribution >= 4 is 16.6 Å². The third kappa shape index (κ3) is 3.32. The summed E-state index contributed by atoms with van der Waals surface area (Å²) in [6.45, 7) is 3.72. The second kappa shape index (κ2) is 7.37. The monoisotopic (exact) mass is 406 g/mol. The van der Waals surface area contributed by atoms with E-state index >= 15 is 4.39 Å². The summed E-state index contributed by atoms with van der Waals surface area (Å²) in [6.07, 6.45) is 3.80. The van der Waals surface area contributed by atoms with Gasteiger partial charge < -0.3 is 10.0 Å². The number of likely N-dealkylation sites (tertiary alicyclic amines) is 1. The molecular weight excluding hydrogens is 383 g/mol. The number of fused-ring (bicyclic) bond motifs is 2. The predicted molar refractivity (Wildman–Crippen MR) is 112 cm³/mol. The van der Waals surface area contributed by atoms with Gasteiger partial charge in [-0.3, -0.25) is 0 Å². The molecule has 4 heterocycles. The van der Waals surface area contributed by atoms with E-state index < -0.39 is 0 Å². The Labute approximate surface area is 173 Å². The van der Waals surface area contributed by atoms with Gasteiger partial charge in [0.2, 0.25) is 0 Å². The number of halogens is 1. The van der Waals surface area contributed by atoms with Crippen LogP contribution in [0.5, 0.6) is 0 Å². The number of hydrogen-bond donors (Lipinski definition) is 1. The van der Waals surface area contributed by atoms with E-state index in [4.69, 9.17) is 0 Å². The summed E-state index contributed by atoms with van der Waals surface area (Å²) in [7, 11) is 2.11. The number of aromatic nitrogens is 5. The molecule has 0 aliphatic carbocycles.